The number of hydrogen-bond acceptors (Lipinski definition) is 5. The standard InChI is InChI=1S/C14H19N3OS/c1-8-6-9(2)11(7-10(8)15)18-13-16-12(17-19-13)14(3,4)5/h6-7H,15H2,1-5H3. The van der Waals surface area contributed by atoms with Gasteiger partial charge in [-0.05, 0) is 25.0 Å². The van der Waals surface area contributed by atoms with Crippen LogP contribution in [-0.2, 0) is 5.41 Å². The van der Waals surface area contributed by atoms with Crippen LogP contribution in [0.25, 0.3) is 0 Å². The van der Waals surface area contributed by atoms with E-state index in [9.17, 15) is 0 Å². The van der Waals surface area contributed by atoms with Crippen LogP contribution in [-0.4, -0.2) is 9.36 Å². The highest BCUT2D eigenvalue weighted by Crippen LogP contribution is 2.31. The summed E-state index contributed by atoms with van der Waals surface area (Å²) in [5.41, 5.74) is 8.65. The van der Waals surface area contributed by atoms with Crippen molar-refractivity contribution >= 4 is 17.2 Å². The second kappa shape index (κ2) is 4.81. The number of hydrogen-bond donors (Lipinski definition) is 1. The van der Waals surface area contributed by atoms with Crippen LogP contribution in [0, 0.1) is 13.8 Å². The zero-order valence-electron chi connectivity index (χ0n) is 11.9. The normalized spacial score (nSPS) is 11.6. The summed E-state index contributed by atoms with van der Waals surface area (Å²) in [5.74, 6) is 1.53. The van der Waals surface area contributed by atoms with Crippen molar-refractivity contribution in [3.8, 4) is 10.9 Å². The lowest BCUT2D eigenvalue weighted by atomic mass is 9.96. The summed E-state index contributed by atoms with van der Waals surface area (Å²) in [6, 6.07) is 3.85. The van der Waals surface area contributed by atoms with Crippen molar-refractivity contribution in [1.29, 1.82) is 0 Å². The molecule has 0 bridgehead atoms. The van der Waals surface area contributed by atoms with Crippen LogP contribution in [0.2, 0.25) is 0 Å². The number of nitrogens with zero attached hydrogens (tertiary/aromatic N) is 2. The lowest BCUT2D eigenvalue weighted by Crippen LogP contribution is -2.12. The second-order valence-electron chi connectivity index (χ2n) is 5.71. The highest BCUT2D eigenvalue weighted by atomic mass is 32.1. The number of rotatable bonds is 2. The van der Waals surface area contributed by atoms with E-state index >= 15 is 0 Å². The summed E-state index contributed by atoms with van der Waals surface area (Å²) in [5, 5.41) is 0.552. The van der Waals surface area contributed by atoms with Gasteiger partial charge in [0, 0.05) is 28.7 Å². The molecule has 1 aromatic carbocycles. The second-order valence-corrected chi connectivity index (χ2v) is 6.42. The number of ether oxygens (including phenoxy) is 1. The predicted molar refractivity (Wildman–Crippen MR) is 79.0 cm³/mol. The third kappa shape index (κ3) is 3.04. The van der Waals surface area contributed by atoms with Gasteiger partial charge in [0.05, 0.1) is 0 Å². The minimum absolute atomic E-state index is 0.0700. The van der Waals surface area contributed by atoms with Gasteiger partial charge < -0.3 is 10.5 Å². The molecule has 2 rings (SSSR count). The molecule has 0 aliphatic heterocycles. The van der Waals surface area contributed by atoms with E-state index in [1.807, 2.05) is 26.0 Å². The maximum absolute atomic E-state index is 5.91. The van der Waals surface area contributed by atoms with Crippen LogP contribution >= 0.6 is 11.5 Å². The van der Waals surface area contributed by atoms with Gasteiger partial charge >= 0.3 is 0 Å². The Balaban J connectivity index is 2.27. The van der Waals surface area contributed by atoms with E-state index in [1.54, 1.807) is 0 Å². The van der Waals surface area contributed by atoms with Gasteiger partial charge in [-0.1, -0.05) is 26.8 Å². The van der Waals surface area contributed by atoms with E-state index in [0.29, 0.717) is 5.19 Å². The van der Waals surface area contributed by atoms with Gasteiger partial charge in [0.1, 0.15) is 5.75 Å². The number of aryl methyl sites for hydroxylation is 2. The molecule has 1 aromatic heterocycles. The highest BCUT2D eigenvalue weighted by Gasteiger charge is 2.20. The lowest BCUT2D eigenvalue weighted by molar-refractivity contribution is 0.465. The summed E-state index contributed by atoms with van der Waals surface area (Å²) in [7, 11) is 0. The molecule has 0 fully saturated rings. The molecule has 0 radical (unpaired) electrons. The highest BCUT2D eigenvalue weighted by molar-refractivity contribution is 7.07. The van der Waals surface area contributed by atoms with Crippen LogP contribution < -0.4 is 10.5 Å². The van der Waals surface area contributed by atoms with E-state index in [1.165, 1.54) is 11.5 Å². The van der Waals surface area contributed by atoms with E-state index in [2.05, 4.69) is 30.1 Å². The first-order valence-corrected chi connectivity index (χ1v) is 6.93. The third-order valence-corrected chi connectivity index (χ3v) is 3.43. The van der Waals surface area contributed by atoms with Crippen LogP contribution in [0.4, 0.5) is 5.69 Å². The zero-order valence-corrected chi connectivity index (χ0v) is 12.8. The average Bonchev–Trinajstić information content (AvgIpc) is 2.74. The Hall–Kier alpha value is -1.62. The Morgan fingerprint density at radius 2 is 1.84 bits per heavy atom. The molecule has 0 saturated carbocycles. The molecule has 1 heterocycles. The molecule has 0 aliphatic carbocycles. The smallest absolute Gasteiger partial charge is 0.298 e. The molecule has 5 heteroatoms. The van der Waals surface area contributed by atoms with Crippen molar-refractivity contribution in [2.45, 2.75) is 40.0 Å². The summed E-state index contributed by atoms with van der Waals surface area (Å²) in [6.07, 6.45) is 0. The van der Waals surface area contributed by atoms with E-state index in [-0.39, 0.29) is 5.41 Å². The summed E-state index contributed by atoms with van der Waals surface area (Å²) < 4.78 is 10.1. The topological polar surface area (TPSA) is 61.0 Å². The van der Waals surface area contributed by atoms with Gasteiger partial charge in [-0.15, -0.1) is 0 Å². The molecule has 2 N–H and O–H groups in total. The van der Waals surface area contributed by atoms with Crippen LogP contribution in [0.1, 0.15) is 37.7 Å². The van der Waals surface area contributed by atoms with Crippen molar-refractivity contribution in [2.75, 3.05) is 5.73 Å². The first-order valence-electron chi connectivity index (χ1n) is 6.16. The largest absolute Gasteiger partial charge is 0.429 e. The molecule has 19 heavy (non-hydrogen) atoms. The van der Waals surface area contributed by atoms with E-state index in [0.717, 1.165) is 28.4 Å². The number of nitrogen functional groups attached to an aromatic ring is 1. The van der Waals surface area contributed by atoms with Gasteiger partial charge in [0.15, 0.2) is 5.82 Å². The quantitative estimate of drug-likeness (QED) is 0.847. The molecule has 0 aliphatic rings. The maximum atomic E-state index is 5.91. The summed E-state index contributed by atoms with van der Waals surface area (Å²) in [4.78, 5) is 4.41. The molecule has 0 spiro atoms. The minimum atomic E-state index is -0.0700. The Labute approximate surface area is 117 Å². The summed E-state index contributed by atoms with van der Waals surface area (Å²) >= 11 is 1.27. The Kier molecular flexibility index (Phi) is 3.49. The molecule has 0 saturated heterocycles. The van der Waals surface area contributed by atoms with Gasteiger partial charge in [0.25, 0.3) is 5.19 Å². The van der Waals surface area contributed by atoms with Gasteiger partial charge in [-0.25, -0.2) is 0 Å². The average molecular weight is 277 g/mol. The molecule has 102 valence electrons. The predicted octanol–water partition coefficient (Wildman–Crippen LogP) is 3.83. The van der Waals surface area contributed by atoms with Crippen molar-refractivity contribution in [1.82, 2.24) is 9.36 Å². The molecule has 0 atom stereocenters. The van der Waals surface area contributed by atoms with Crippen LogP contribution in [0.5, 0.6) is 10.9 Å². The van der Waals surface area contributed by atoms with Crippen LogP contribution in [0.3, 0.4) is 0 Å². The van der Waals surface area contributed by atoms with Crippen molar-refractivity contribution < 1.29 is 4.74 Å². The Morgan fingerprint density at radius 1 is 1.16 bits per heavy atom. The van der Waals surface area contributed by atoms with Crippen molar-refractivity contribution in [3.63, 3.8) is 0 Å². The zero-order chi connectivity index (χ0) is 14.2. The fraction of sp³-hybridized carbons (Fsp3) is 0.429. The Morgan fingerprint density at radius 3 is 2.42 bits per heavy atom. The molecular weight excluding hydrogens is 258 g/mol. The molecular formula is C14H19N3OS. The third-order valence-electron chi connectivity index (χ3n) is 2.84. The number of aromatic nitrogens is 2. The van der Waals surface area contributed by atoms with Crippen molar-refractivity contribution in [3.05, 3.63) is 29.1 Å². The summed E-state index contributed by atoms with van der Waals surface area (Å²) in [6.45, 7) is 10.2. The lowest BCUT2D eigenvalue weighted by Gasteiger charge is -2.12. The van der Waals surface area contributed by atoms with E-state index in [4.69, 9.17) is 10.5 Å². The molecule has 0 amide bonds. The minimum Gasteiger partial charge on any atom is -0.429 e. The molecule has 0 unspecified atom stereocenters. The van der Waals surface area contributed by atoms with Gasteiger partial charge in [-0.3, -0.25) is 0 Å². The fourth-order valence-corrected chi connectivity index (χ4v) is 2.34. The monoisotopic (exact) mass is 277 g/mol. The number of anilines is 1. The van der Waals surface area contributed by atoms with Gasteiger partial charge in [0.2, 0.25) is 0 Å². The number of benzene rings is 1. The molecule has 2 aromatic rings. The van der Waals surface area contributed by atoms with Gasteiger partial charge in [-0.2, -0.15) is 9.36 Å². The van der Waals surface area contributed by atoms with Crippen LogP contribution in [0.15, 0.2) is 12.1 Å². The Bertz CT molecular complexity index is 599. The maximum Gasteiger partial charge on any atom is 0.298 e. The molecule has 4 nitrogen and oxygen atoms in total. The number of nitrogens with two attached hydrogens (primary N) is 1. The SMILES string of the molecule is Cc1cc(C)c(Oc2nc(C(C)(C)C)ns2)cc1N. The first kappa shape index (κ1) is 13.8. The van der Waals surface area contributed by atoms with E-state index < -0.39 is 0 Å². The first-order chi connectivity index (χ1) is 8.77. The fourth-order valence-electron chi connectivity index (χ4n) is 1.61. The van der Waals surface area contributed by atoms with Crippen molar-refractivity contribution in [2.24, 2.45) is 0 Å².